The summed E-state index contributed by atoms with van der Waals surface area (Å²) in [5, 5.41) is 17.4. The normalized spacial score (nSPS) is 15.7. The van der Waals surface area contributed by atoms with Gasteiger partial charge in [0, 0.05) is 17.8 Å². The number of carbonyl (C=O) groups excluding carboxylic acids is 2. The number of benzene rings is 2. The number of fused-ring (bicyclic) bond motifs is 2. The first-order valence-corrected chi connectivity index (χ1v) is 9.10. The second-order valence-electron chi connectivity index (χ2n) is 6.77. The summed E-state index contributed by atoms with van der Waals surface area (Å²) in [4.78, 5) is 43.1. The van der Waals surface area contributed by atoms with Crippen LogP contribution in [-0.4, -0.2) is 38.9 Å². The Morgan fingerprint density at radius 2 is 2.03 bits per heavy atom. The van der Waals surface area contributed by atoms with E-state index in [1.807, 2.05) is 24.3 Å². The minimum atomic E-state index is -1.07. The molecule has 0 saturated heterocycles. The molecule has 0 aliphatic carbocycles. The maximum Gasteiger partial charge on any atom is 0.305 e. The summed E-state index contributed by atoms with van der Waals surface area (Å²) in [6.45, 7) is 0.461. The number of aromatic nitrogens is 2. The number of H-pyrrole nitrogens is 1. The van der Waals surface area contributed by atoms with Crippen LogP contribution in [0.5, 0.6) is 0 Å². The van der Waals surface area contributed by atoms with E-state index < -0.39 is 12.0 Å². The average molecular weight is 393 g/mol. The summed E-state index contributed by atoms with van der Waals surface area (Å²) in [6.07, 6.45) is -0.328. The number of amides is 2. The Labute approximate surface area is 165 Å². The molecule has 9 nitrogen and oxygen atoms in total. The Morgan fingerprint density at radius 3 is 2.83 bits per heavy atom. The van der Waals surface area contributed by atoms with Crippen molar-refractivity contribution in [3.63, 3.8) is 0 Å². The molecule has 9 heteroatoms. The number of nitrogens with zero attached hydrogens (tertiary/aromatic N) is 1. The van der Waals surface area contributed by atoms with Crippen molar-refractivity contribution in [3.8, 4) is 0 Å². The van der Waals surface area contributed by atoms with Gasteiger partial charge in [-0.05, 0) is 35.9 Å². The molecule has 1 aliphatic heterocycles. The monoisotopic (exact) mass is 393 g/mol. The predicted molar refractivity (Wildman–Crippen MR) is 105 cm³/mol. The Kier molecular flexibility index (Phi) is 4.86. The van der Waals surface area contributed by atoms with Gasteiger partial charge in [0.25, 0.3) is 5.91 Å². The summed E-state index contributed by atoms with van der Waals surface area (Å²) in [6, 6.07) is 11.7. The molecule has 3 aromatic rings. The molecular weight excluding hydrogens is 374 g/mol. The van der Waals surface area contributed by atoms with E-state index in [9.17, 15) is 14.4 Å². The lowest BCUT2D eigenvalue weighted by molar-refractivity contribution is -0.139. The molecule has 2 aromatic carbocycles. The molecule has 29 heavy (non-hydrogen) atoms. The van der Waals surface area contributed by atoms with E-state index >= 15 is 0 Å². The predicted octanol–water partition coefficient (Wildman–Crippen LogP) is 1.38. The quantitative estimate of drug-likeness (QED) is 0.444. The van der Waals surface area contributed by atoms with E-state index in [1.165, 1.54) is 0 Å². The fourth-order valence-corrected chi connectivity index (χ4v) is 3.25. The molecule has 1 aliphatic rings. The van der Waals surface area contributed by atoms with Gasteiger partial charge in [-0.15, -0.1) is 0 Å². The van der Waals surface area contributed by atoms with Gasteiger partial charge in [-0.25, -0.2) is 4.98 Å². The molecule has 0 saturated carbocycles. The highest BCUT2D eigenvalue weighted by Gasteiger charge is 2.25. The summed E-state index contributed by atoms with van der Waals surface area (Å²) in [5.41, 5.74) is 3.51. The van der Waals surface area contributed by atoms with E-state index in [1.54, 1.807) is 18.2 Å². The van der Waals surface area contributed by atoms with Crippen LogP contribution in [0.3, 0.4) is 0 Å². The molecule has 5 N–H and O–H groups in total. The van der Waals surface area contributed by atoms with E-state index in [2.05, 4.69) is 25.9 Å². The van der Waals surface area contributed by atoms with Crippen LogP contribution in [0.25, 0.3) is 11.0 Å². The zero-order valence-corrected chi connectivity index (χ0v) is 15.4. The number of imidazole rings is 1. The van der Waals surface area contributed by atoms with Crippen molar-refractivity contribution >= 4 is 34.5 Å². The van der Waals surface area contributed by atoms with Gasteiger partial charge in [0.15, 0.2) is 0 Å². The van der Waals surface area contributed by atoms with Crippen LogP contribution >= 0.6 is 0 Å². The maximum absolute atomic E-state index is 12.5. The van der Waals surface area contributed by atoms with E-state index in [-0.39, 0.29) is 31.3 Å². The molecule has 0 fully saturated rings. The lowest BCUT2D eigenvalue weighted by atomic mass is 10.1. The number of hydrogen-bond acceptors (Lipinski definition) is 5. The molecule has 1 unspecified atom stereocenters. The Morgan fingerprint density at radius 1 is 1.21 bits per heavy atom. The van der Waals surface area contributed by atoms with Crippen LogP contribution in [0.15, 0.2) is 42.5 Å². The first kappa shape index (κ1) is 18.5. The third-order valence-corrected chi connectivity index (χ3v) is 4.70. The van der Waals surface area contributed by atoms with Crippen LogP contribution < -0.4 is 16.0 Å². The largest absolute Gasteiger partial charge is 0.481 e. The van der Waals surface area contributed by atoms with Crippen molar-refractivity contribution in [1.82, 2.24) is 20.6 Å². The van der Waals surface area contributed by atoms with Crippen molar-refractivity contribution < 1.29 is 19.5 Å². The number of anilines is 1. The van der Waals surface area contributed by atoms with E-state index in [0.717, 1.165) is 11.0 Å². The number of carboxylic acid groups (broad SMARTS) is 1. The third kappa shape index (κ3) is 4.03. The Bertz CT molecular complexity index is 1070. The number of hydrogen-bond donors (Lipinski definition) is 5. The number of aromatic amines is 1. The highest BCUT2D eigenvalue weighted by Crippen LogP contribution is 2.22. The highest BCUT2D eigenvalue weighted by atomic mass is 16.4. The standard InChI is InChI=1S/C20H19N5O4/c26-18(27)8-16-20(29)21-9-12-7-11(5-6-13(12)23-16)19(28)22-10-17-24-14-3-1-2-4-15(14)25-17/h1-7,16,23H,8-10H2,(H,21,29)(H,22,28)(H,24,25)(H,26,27). The van der Waals surface area contributed by atoms with Crippen LogP contribution in [0.4, 0.5) is 5.69 Å². The van der Waals surface area contributed by atoms with Crippen LogP contribution in [0, 0.1) is 0 Å². The lowest BCUT2D eigenvalue weighted by Gasteiger charge is -2.14. The first-order chi connectivity index (χ1) is 14.0. The minimum Gasteiger partial charge on any atom is -0.481 e. The number of para-hydroxylation sites is 2. The molecule has 0 spiro atoms. The van der Waals surface area contributed by atoms with Crippen molar-refractivity contribution in [2.75, 3.05) is 5.32 Å². The maximum atomic E-state index is 12.5. The zero-order chi connectivity index (χ0) is 20.4. The number of carboxylic acids is 1. The summed E-state index contributed by atoms with van der Waals surface area (Å²) in [5.74, 6) is -1.08. The van der Waals surface area contributed by atoms with Gasteiger partial charge in [-0.3, -0.25) is 14.4 Å². The second-order valence-corrected chi connectivity index (χ2v) is 6.77. The van der Waals surface area contributed by atoms with E-state index in [4.69, 9.17) is 5.11 Å². The second kappa shape index (κ2) is 7.63. The highest BCUT2D eigenvalue weighted by molar-refractivity contribution is 5.95. The zero-order valence-electron chi connectivity index (χ0n) is 15.4. The van der Waals surface area contributed by atoms with Crippen molar-refractivity contribution in [3.05, 3.63) is 59.4 Å². The Balaban J connectivity index is 1.46. The van der Waals surface area contributed by atoms with Crippen molar-refractivity contribution in [2.24, 2.45) is 0 Å². The van der Waals surface area contributed by atoms with Crippen LogP contribution in [0.2, 0.25) is 0 Å². The van der Waals surface area contributed by atoms with Gasteiger partial charge in [-0.2, -0.15) is 0 Å². The molecule has 1 aromatic heterocycles. The first-order valence-electron chi connectivity index (χ1n) is 9.10. The summed E-state index contributed by atoms with van der Waals surface area (Å²) in [7, 11) is 0. The van der Waals surface area contributed by atoms with Crippen molar-refractivity contribution in [2.45, 2.75) is 25.6 Å². The number of carbonyl (C=O) groups is 3. The van der Waals surface area contributed by atoms with Gasteiger partial charge in [-0.1, -0.05) is 12.1 Å². The fourth-order valence-electron chi connectivity index (χ4n) is 3.25. The molecule has 2 amide bonds. The molecule has 0 bridgehead atoms. The average Bonchev–Trinajstić information content (AvgIpc) is 3.06. The van der Waals surface area contributed by atoms with Crippen LogP contribution in [0.1, 0.15) is 28.2 Å². The van der Waals surface area contributed by atoms with E-state index in [0.29, 0.717) is 22.6 Å². The Hall–Kier alpha value is -3.88. The molecule has 1 atom stereocenters. The van der Waals surface area contributed by atoms with Crippen LogP contribution in [-0.2, 0) is 22.7 Å². The number of rotatable bonds is 5. The molecule has 2 heterocycles. The van der Waals surface area contributed by atoms with Gasteiger partial charge >= 0.3 is 5.97 Å². The smallest absolute Gasteiger partial charge is 0.305 e. The molecule has 0 radical (unpaired) electrons. The SMILES string of the molecule is O=C(O)CC1Nc2ccc(C(=O)NCc3nc4ccccc4[nH]3)cc2CNC1=O. The van der Waals surface area contributed by atoms with Gasteiger partial charge in [0.1, 0.15) is 11.9 Å². The topological polar surface area (TPSA) is 136 Å². The summed E-state index contributed by atoms with van der Waals surface area (Å²) >= 11 is 0. The molecule has 148 valence electrons. The van der Waals surface area contributed by atoms with Gasteiger partial charge in [0.05, 0.1) is 24.0 Å². The van der Waals surface area contributed by atoms with Gasteiger partial charge in [0.2, 0.25) is 5.91 Å². The molecular formula is C20H19N5O4. The lowest BCUT2D eigenvalue weighted by Crippen LogP contribution is -2.38. The number of aliphatic carboxylic acids is 1. The molecule has 4 rings (SSSR count). The third-order valence-electron chi connectivity index (χ3n) is 4.70. The fraction of sp³-hybridized carbons (Fsp3) is 0.200. The minimum absolute atomic E-state index is 0.210. The van der Waals surface area contributed by atoms with Gasteiger partial charge < -0.3 is 26.0 Å². The number of nitrogens with one attached hydrogen (secondary N) is 4. The van der Waals surface area contributed by atoms with Crippen molar-refractivity contribution in [1.29, 1.82) is 0 Å². The summed E-state index contributed by atoms with van der Waals surface area (Å²) < 4.78 is 0.